The van der Waals surface area contributed by atoms with Crippen molar-refractivity contribution < 1.29 is 9.53 Å². The van der Waals surface area contributed by atoms with Gasteiger partial charge in [0.2, 0.25) is 5.91 Å². The maximum atomic E-state index is 12.2. The molecule has 2 N–H and O–H groups in total. The number of aromatic nitrogens is 3. The second-order valence-corrected chi connectivity index (χ2v) is 7.07. The fourth-order valence-electron chi connectivity index (χ4n) is 3.19. The molecule has 0 radical (unpaired) electrons. The number of imidazole rings is 1. The number of piperidine rings is 1. The van der Waals surface area contributed by atoms with Crippen LogP contribution in [0.15, 0.2) is 47.4 Å². The maximum absolute atomic E-state index is 12.2. The summed E-state index contributed by atoms with van der Waals surface area (Å²) in [6.07, 6.45) is 4.37. The van der Waals surface area contributed by atoms with Crippen LogP contribution in [0.25, 0.3) is 11.2 Å². The molecule has 1 aromatic carbocycles. The van der Waals surface area contributed by atoms with Gasteiger partial charge in [-0.15, -0.1) is 0 Å². The number of amides is 1. The minimum Gasteiger partial charge on any atom is -0.497 e. The Morgan fingerprint density at radius 3 is 2.71 bits per heavy atom. The first-order valence-corrected chi connectivity index (χ1v) is 9.49. The summed E-state index contributed by atoms with van der Waals surface area (Å²) in [5.41, 5.74) is 2.16. The SMILES string of the molecule is COc1cccc(CC(=O)N2CCC(C)CC2)c1.O=c1[nH]c2cccnc2[nH]1. The number of nitrogens with one attached hydrogen (secondary N) is 2. The van der Waals surface area contributed by atoms with E-state index >= 15 is 0 Å². The van der Waals surface area contributed by atoms with Crippen molar-refractivity contribution in [1.82, 2.24) is 19.9 Å². The first-order chi connectivity index (χ1) is 13.5. The molecule has 2 aromatic heterocycles. The van der Waals surface area contributed by atoms with Crippen LogP contribution in [-0.4, -0.2) is 46.0 Å². The van der Waals surface area contributed by atoms with Gasteiger partial charge in [-0.1, -0.05) is 19.1 Å². The highest BCUT2D eigenvalue weighted by molar-refractivity contribution is 5.79. The quantitative estimate of drug-likeness (QED) is 0.729. The summed E-state index contributed by atoms with van der Waals surface area (Å²) in [5, 5.41) is 0. The van der Waals surface area contributed by atoms with Gasteiger partial charge in [0.25, 0.3) is 0 Å². The van der Waals surface area contributed by atoms with Crippen LogP contribution in [0.5, 0.6) is 5.75 Å². The van der Waals surface area contributed by atoms with Crippen LogP contribution < -0.4 is 10.4 Å². The van der Waals surface area contributed by atoms with E-state index < -0.39 is 0 Å². The predicted octanol–water partition coefficient (Wildman–Crippen LogP) is 2.75. The Balaban J connectivity index is 0.000000188. The van der Waals surface area contributed by atoms with Crippen LogP contribution >= 0.6 is 0 Å². The van der Waals surface area contributed by atoms with Gasteiger partial charge in [0.1, 0.15) is 5.75 Å². The molecule has 0 unspecified atom stereocenters. The third-order valence-corrected chi connectivity index (χ3v) is 4.91. The summed E-state index contributed by atoms with van der Waals surface area (Å²) < 4.78 is 5.17. The Kier molecular flexibility index (Phi) is 6.47. The van der Waals surface area contributed by atoms with Crippen molar-refractivity contribution in [3.05, 3.63) is 58.6 Å². The zero-order valence-electron chi connectivity index (χ0n) is 16.3. The number of fused-ring (bicyclic) bond motifs is 1. The number of nitrogens with zero attached hydrogens (tertiary/aromatic N) is 2. The van der Waals surface area contributed by atoms with E-state index in [0.29, 0.717) is 12.1 Å². The van der Waals surface area contributed by atoms with E-state index in [1.165, 1.54) is 0 Å². The van der Waals surface area contributed by atoms with Crippen molar-refractivity contribution in [1.29, 1.82) is 0 Å². The molecule has 1 amide bonds. The summed E-state index contributed by atoms with van der Waals surface area (Å²) in [4.78, 5) is 33.8. The van der Waals surface area contributed by atoms with Crippen molar-refractivity contribution in [3.63, 3.8) is 0 Å². The van der Waals surface area contributed by atoms with Gasteiger partial charge < -0.3 is 14.6 Å². The third-order valence-electron chi connectivity index (χ3n) is 4.91. The Morgan fingerprint density at radius 2 is 2.00 bits per heavy atom. The number of hydrogen-bond acceptors (Lipinski definition) is 4. The molecule has 28 heavy (non-hydrogen) atoms. The van der Waals surface area contributed by atoms with Crippen molar-refractivity contribution in [2.45, 2.75) is 26.2 Å². The van der Waals surface area contributed by atoms with Crippen molar-refractivity contribution in [2.24, 2.45) is 5.92 Å². The first-order valence-electron chi connectivity index (χ1n) is 9.49. The highest BCUT2D eigenvalue weighted by Gasteiger charge is 2.20. The van der Waals surface area contributed by atoms with Gasteiger partial charge in [-0.25, -0.2) is 9.78 Å². The smallest absolute Gasteiger partial charge is 0.325 e. The predicted molar refractivity (Wildman–Crippen MR) is 108 cm³/mol. The molecule has 7 heteroatoms. The molecule has 3 heterocycles. The van der Waals surface area contributed by atoms with Crippen LogP contribution in [0.4, 0.5) is 0 Å². The van der Waals surface area contributed by atoms with E-state index in [2.05, 4.69) is 21.9 Å². The molecule has 1 aliphatic heterocycles. The molecule has 3 aromatic rings. The van der Waals surface area contributed by atoms with Gasteiger partial charge in [0.05, 0.1) is 19.0 Å². The Bertz CT molecular complexity index is 935. The molecular formula is C21H26N4O3. The number of likely N-dealkylation sites (tertiary alicyclic amines) is 1. The highest BCUT2D eigenvalue weighted by atomic mass is 16.5. The topological polar surface area (TPSA) is 91.1 Å². The number of benzene rings is 1. The number of carbonyl (C=O) groups excluding carboxylic acids is 1. The molecule has 1 aliphatic rings. The number of H-pyrrole nitrogens is 2. The van der Waals surface area contributed by atoms with Crippen LogP contribution in [0, 0.1) is 5.92 Å². The van der Waals surface area contributed by atoms with Crippen molar-refractivity contribution in [2.75, 3.05) is 20.2 Å². The molecule has 0 saturated carbocycles. The van der Waals surface area contributed by atoms with Gasteiger partial charge in [-0.2, -0.15) is 0 Å². The number of carbonyl (C=O) groups is 1. The summed E-state index contributed by atoms with van der Waals surface area (Å²) >= 11 is 0. The second-order valence-electron chi connectivity index (χ2n) is 7.07. The number of pyridine rings is 1. The largest absolute Gasteiger partial charge is 0.497 e. The Hall–Kier alpha value is -3.09. The number of aromatic amines is 2. The molecule has 0 aliphatic carbocycles. The number of rotatable bonds is 3. The second kappa shape index (κ2) is 9.21. The lowest BCUT2D eigenvalue weighted by molar-refractivity contribution is -0.131. The fraction of sp³-hybridized carbons (Fsp3) is 0.381. The molecule has 0 bridgehead atoms. The Morgan fingerprint density at radius 1 is 1.21 bits per heavy atom. The van der Waals surface area contributed by atoms with E-state index in [9.17, 15) is 9.59 Å². The van der Waals surface area contributed by atoms with Crippen LogP contribution in [0.3, 0.4) is 0 Å². The summed E-state index contributed by atoms with van der Waals surface area (Å²) in [6, 6.07) is 11.3. The highest BCUT2D eigenvalue weighted by Crippen LogP contribution is 2.18. The standard InChI is InChI=1S/C15H21NO2.C6H5N3O/c1-12-6-8-16(9-7-12)15(17)11-13-4-3-5-14(10-13)18-2;10-6-8-4-2-1-3-7-5(4)9-6/h3-5,10,12H,6-9,11H2,1-2H3;1-3H,(H2,7,8,9,10). The molecule has 7 nitrogen and oxygen atoms in total. The molecular weight excluding hydrogens is 356 g/mol. The monoisotopic (exact) mass is 382 g/mol. The van der Waals surface area contributed by atoms with E-state index in [-0.39, 0.29) is 11.6 Å². The van der Waals surface area contributed by atoms with Gasteiger partial charge >= 0.3 is 5.69 Å². The van der Waals surface area contributed by atoms with Gasteiger partial charge in [0.15, 0.2) is 5.65 Å². The van der Waals surface area contributed by atoms with E-state index in [1.54, 1.807) is 25.4 Å². The lowest BCUT2D eigenvalue weighted by Gasteiger charge is -2.30. The zero-order valence-corrected chi connectivity index (χ0v) is 16.3. The number of hydrogen-bond donors (Lipinski definition) is 2. The average Bonchev–Trinajstić information content (AvgIpc) is 3.09. The molecule has 1 fully saturated rings. The summed E-state index contributed by atoms with van der Waals surface area (Å²) in [5.74, 6) is 1.80. The summed E-state index contributed by atoms with van der Waals surface area (Å²) in [6.45, 7) is 4.07. The van der Waals surface area contributed by atoms with Gasteiger partial charge in [-0.3, -0.25) is 9.78 Å². The Labute approximate surface area is 163 Å². The molecule has 4 rings (SSSR count). The van der Waals surface area contributed by atoms with E-state index in [1.807, 2.05) is 29.2 Å². The van der Waals surface area contributed by atoms with Crippen molar-refractivity contribution >= 4 is 17.1 Å². The number of ether oxygens (including phenoxy) is 1. The zero-order chi connectivity index (χ0) is 19.9. The minimum absolute atomic E-state index is 0.214. The first kappa shape index (κ1) is 19.7. The number of methoxy groups -OCH3 is 1. The van der Waals surface area contributed by atoms with Gasteiger partial charge in [0, 0.05) is 19.3 Å². The van der Waals surface area contributed by atoms with E-state index in [4.69, 9.17) is 4.74 Å². The van der Waals surface area contributed by atoms with Crippen LogP contribution in [-0.2, 0) is 11.2 Å². The lowest BCUT2D eigenvalue weighted by atomic mass is 9.98. The average molecular weight is 382 g/mol. The molecule has 0 atom stereocenters. The fourth-order valence-corrected chi connectivity index (χ4v) is 3.19. The minimum atomic E-state index is -0.214. The summed E-state index contributed by atoms with van der Waals surface area (Å²) in [7, 11) is 1.65. The van der Waals surface area contributed by atoms with Gasteiger partial charge in [-0.05, 0) is 48.6 Å². The molecule has 0 spiro atoms. The third kappa shape index (κ3) is 5.22. The molecule has 148 valence electrons. The normalized spacial score (nSPS) is 14.4. The van der Waals surface area contributed by atoms with Crippen LogP contribution in [0.1, 0.15) is 25.3 Å². The lowest BCUT2D eigenvalue weighted by Crippen LogP contribution is -2.38. The van der Waals surface area contributed by atoms with E-state index in [0.717, 1.165) is 48.7 Å². The van der Waals surface area contributed by atoms with Crippen LogP contribution in [0.2, 0.25) is 0 Å². The maximum Gasteiger partial charge on any atom is 0.325 e. The molecule has 1 saturated heterocycles. The van der Waals surface area contributed by atoms with Crippen molar-refractivity contribution in [3.8, 4) is 5.75 Å².